The van der Waals surface area contributed by atoms with E-state index in [9.17, 15) is 70.9 Å². The van der Waals surface area contributed by atoms with Crippen molar-refractivity contribution in [1.82, 2.24) is 0 Å². The SMILES string of the molecule is COc1cc(/C=C/C(=O)OC[C@H]2O[C@@H](O[C@@H]3[C@@H](O)[C@H](O)[C@@H](CO)O[C@H]3c3c(OC)cc4oc(-c5ccc(O)cc5)cc(=O)c4c3O)[C@H](O)[C@@H](O)[C@@H]2O)cc(OC)c1O[C@@H]1O[C@H](CO)[C@@H](O)[C@H](O)[C@H]1O. The molecule has 0 unspecified atom stereocenters. The number of aliphatic hydroxyl groups excluding tert-OH is 10. The summed E-state index contributed by atoms with van der Waals surface area (Å²) in [5, 5.41) is 127. The Hall–Kier alpha value is -5.68. The van der Waals surface area contributed by atoms with E-state index in [1.807, 2.05) is 0 Å². The predicted octanol–water partition coefficient (Wildman–Crippen LogP) is -2.32. The molecule has 24 heteroatoms. The third-order valence-electron chi connectivity index (χ3n) is 11.8. The Bertz CT molecular complexity index is 2490. The Labute approximate surface area is 390 Å². The van der Waals surface area contributed by atoms with Crippen LogP contribution in [0.5, 0.6) is 34.5 Å². The summed E-state index contributed by atoms with van der Waals surface area (Å²) < 4.78 is 56.4. The zero-order valence-electron chi connectivity index (χ0n) is 36.8. The molecule has 0 aliphatic carbocycles. The number of carbonyl (C=O) groups is 1. The van der Waals surface area contributed by atoms with Crippen molar-refractivity contribution in [1.29, 1.82) is 0 Å². The molecule has 3 fully saturated rings. The molecule has 4 heterocycles. The summed E-state index contributed by atoms with van der Waals surface area (Å²) in [5.74, 6) is -2.10. The van der Waals surface area contributed by atoms with E-state index in [4.69, 9.17) is 47.0 Å². The Kier molecular flexibility index (Phi) is 16.0. The van der Waals surface area contributed by atoms with Gasteiger partial charge in [0.25, 0.3) is 0 Å². The monoisotopic (exact) mass is 976 g/mol. The minimum Gasteiger partial charge on any atom is -0.508 e. The van der Waals surface area contributed by atoms with E-state index in [0.29, 0.717) is 5.56 Å². The van der Waals surface area contributed by atoms with Gasteiger partial charge in [-0.3, -0.25) is 4.79 Å². The van der Waals surface area contributed by atoms with E-state index in [0.717, 1.165) is 12.1 Å². The van der Waals surface area contributed by atoms with Crippen LogP contribution in [0.25, 0.3) is 28.4 Å². The molecule has 3 saturated heterocycles. The second-order valence-electron chi connectivity index (χ2n) is 16.1. The fourth-order valence-corrected chi connectivity index (χ4v) is 8.07. The number of rotatable bonds is 15. The average molecular weight is 977 g/mol. The van der Waals surface area contributed by atoms with E-state index < -0.39 is 129 Å². The van der Waals surface area contributed by atoms with Crippen LogP contribution >= 0.6 is 0 Å². The van der Waals surface area contributed by atoms with Gasteiger partial charge in [0.1, 0.15) is 120 Å². The molecule has 0 spiro atoms. The van der Waals surface area contributed by atoms with E-state index >= 15 is 0 Å². The molecular weight excluding hydrogens is 924 g/mol. The lowest BCUT2D eigenvalue weighted by atomic mass is 9.89. The van der Waals surface area contributed by atoms with Gasteiger partial charge in [0.15, 0.2) is 23.2 Å². The van der Waals surface area contributed by atoms with Crippen molar-refractivity contribution in [3.8, 4) is 45.8 Å². The maximum atomic E-state index is 13.6. The first-order valence-electron chi connectivity index (χ1n) is 21.2. The van der Waals surface area contributed by atoms with Crippen molar-refractivity contribution in [2.75, 3.05) is 41.2 Å². The molecule has 0 saturated carbocycles. The number of benzene rings is 3. The predicted molar refractivity (Wildman–Crippen MR) is 230 cm³/mol. The summed E-state index contributed by atoms with van der Waals surface area (Å²) in [4.78, 5) is 26.6. The van der Waals surface area contributed by atoms with Gasteiger partial charge >= 0.3 is 5.97 Å². The highest BCUT2D eigenvalue weighted by Gasteiger charge is 2.52. The summed E-state index contributed by atoms with van der Waals surface area (Å²) in [6.07, 6.45) is -24.3. The standard InChI is InChI=1S/C45H52O24/c1-60-22-13-23-30(20(49)12-21(64-23)18-5-7-19(48)8-6-18)35(54)31(22)42-43(38(57)33(52)26(14-46)65-42)69-45-40(59)37(56)34(53)28(67-45)16-63-29(50)9-4-17-10-24(61-2)41(25(11-17)62-3)68-44-39(58)36(55)32(51)27(15-47)66-44/h4-13,26-28,32-34,36-40,42-48,51-59H,14-16H2,1-3H3/b9-4+/t26-,27-,28-,32-,33-,34-,36+,37+,38+,39-,40-,42+,43-,44+,45+/m1/s1. The van der Waals surface area contributed by atoms with Crippen molar-refractivity contribution in [3.05, 3.63) is 76.0 Å². The van der Waals surface area contributed by atoms with Crippen LogP contribution < -0.4 is 24.4 Å². The van der Waals surface area contributed by atoms with Gasteiger partial charge in [-0.25, -0.2) is 4.79 Å². The molecule has 3 aliphatic rings. The topological polar surface area (TPSA) is 373 Å². The molecule has 4 aromatic rings. The normalized spacial score (nSPS) is 31.6. The number of methoxy groups -OCH3 is 3. The zero-order valence-corrected chi connectivity index (χ0v) is 36.8. The Morgan fingerprint density at radius 1 is 0.667 bits per heavy atom. The quantitative estimate of drug-likeness (QED) is 0.0439. The molecule has 3 aromatic carbocycles. The van der Waals surface area contributed by atoms with E-state index in [1.165, 1.54) is 69.9 Å². The van der Waals surface area contributed by atoms with Gasteiger partial charge in [-0.1, -0.05) is 0 Å². The third-order valence-corrected chi connectivity index (χ3v) is 11.8. The summed E-state index contributed by atoms with van der Waals surface area (Å²) in [6.45, 7) is -2.33. The van der Waals surface area contributed by atoms with Crippen molar-refractivity contribution in [2.45, 2.75) is 91.9 Å². The molecule has 0 bridgehead atoms. The van der Waals surface area contributed by atoms with Crippen molar-refractivity contribution >= 4 is 23.0 Å². The Morgan fingerprint density at radius 2 is 1.23 bits per heavy atom. The maximum absolute atomic E-state index is 13.6. The van der Waals surface area contributed by atoms with Gasteiger partial charge in [0.05, 0.1) is 40.1 Å². The number of phenolic OH excluding ortho intramolecular Hbond substituents is 2. The largest absolute Gasteiger partial charge is 0.508 e. The second kappa shape index (κ2) is 21.5. The van der Waals surface area contributed by atoms with Gasteiger partial charge in [-0.15, -0.1) is 0 Å². The number of aliphatic hydroxyl groups is 10. The summed E-state index contributed by atoms with van der Waals surface area (Å²) >= 11 is 0. The first-order chi connectivity index (χ1) is 32.9. The fraction of sp³-hybridized carbons (Fsp3) is 0.467. The minimum atomic E-state index is -2.07. The lowest BCUT2D eigenvalue weighted by Crippen LogP contribution is -2.63. The molecule has 3 aliphatic heterocycles. The van der Waals surface area contributed by atoms with Crippen LogP contribution in [0.2, 0.25) is 0 Å². The highest BCUT2D eigenvalue weighted by Crippen LogP contribution is 2.47. The summed E-state index contributed by atoms with van der Waals surface area (Å²) in [5.41, 5.74) is -0.576. The van der Waals surface area contributed by atoms with Crippen LogP contribution in [0.3, 0.4) is 0 Å². The van der Waals surface area contributed by atoms with Crippen molar-refractivity contribution < 1.29 is 113 Å². The van der Waals surface area contributed by atoms with Crippen LogP contribution in [-0.4, -0.2) is 194 Å². The molecule has 376 valence electrons. The van der Waals surface area contributed by atoms with Crippen molar-refractivity contribution in [2.24, 2.45) is 0 Å². The number of hydrogen-bond donors (Lipinski definition) is 12. The summed E-state index contributed by atoms with van der Waals surface area (Å²) in [7, 11) is 3.73. The lowest BCUT2D eigenvalue weighted by Gasteiger charge is -2.46. The number of ether oxygens (including phenoxy) is 9. The first kappa shape index (κ1) is 51.2. The van der Waals surface area contributed by atoms with Gasteiger partial charge in [-0.2, -0.15) is 0 Å². The second-order valence-corrected chi connectivity index (χ2v) is 16.1. The Morgan fingerprint density at radius 3 is 1.84 bits per heavy atom. The Balaban J connectivity index is 1.09. The van der Waals surface area contributed by atoms with Crippen LogP contribution in [0.1, 0.15) is 17.2 Å². The van der Waals surface area contributed by atoms with Gasteiger partial charge in [0, 0.05) is 23.8 Å². The number of aromatic hydroxyl groups is 2. The first-order valence-corrected chi connectivity index (χ1v) is 21.2. The zero-order chi connectivity index (χ0) is 50.0. The minimum absolute atomic E-state index is 0.00716. The highest BCUT2D eigenvalue weighted by molar-refractivity contribution is 5.89. The lowest BCUT2D eigenvalue weighted by molar-refractivity contribution is -0.342. The number of hydrogen-bond acceptors (Lipinski definition) is 24. The fourth-order valence-electron chi connectivity index (χ4n) is 8.07. The molecule has 7 rings (SSSR count). The average Bonchev–Trinajstić information content (AvgIpc) is 3.34. The van der Waals surface area contributed by atoms with Crippen molar-refractivity contribution in [3.63, 3.8) is 0 Å². The molecule has 0 amide bonds. The highest BCUT2D eigenvalue weighted by atomic mass is 16.7. The molecule has 24 nitrogen and oxygen atoms in total. The van der Waals surface area contributed by atoms with Crippen LogP contribution in [-0.2, 0) is 28.5 Å². The van der Waals surface area contributed by atoms with Crippen LogP contribution in [0.4, 0.5) is 0 Å². The maximum Gasteiger partial charge on any atom is 0.330 e. The molecular formula is C45H52O24. The number of phenols is 2. The van der Waals surface area contributed by atoms with E-state index in [1.54, 1.807) is 0 Å². The van der Waals surface area contributed by atoms with E-state index in [2.05, 4.69) is 0 Å². The summed E-state index contributed by atoms with van der Waals surface area (Å²) in [6, 6.07) is 10.8. The molecule has 15 atom stereocenters. The molecule has 12 N–H and O–H groups in total. The van der Waals surface area contributed by atoms with Crippen LogP contribution in [0, 0.1) is 0 Å². The number of fused-ring (bicyclic) bond motifs is 1. The van der Waals surface area contributed by atoms with Gasteiger partial charge in [0.2, 0.25) is 12.0 Å². The van der Waals surface area contributed by atoms with Gasteiger partial charge in [-0.05, 0) is 48.0 Å². The third kappa shape index (κ3) is 10.3. The molecule has 1 aromatic heterocycles. The van der Waals surface area contributed by atoms with E-state index in [-0.39, 0.29) is 56.6 Å². The number of esters is 1. The smallest absolute Gasteiger partial charge is 0.330 e. The molecule has 69 heavy (non-hydrogen) atoms. The molecule has 0 radical (unpaired) electrons. The van der Waals surface area contributed by atoms with Gasteiger partial charge < -0.3 is 108 Å². The van der Waals surface area contributed by atoms with Crippen LogP contribution in [0.15, 0.2) is 63.8 Å². The number of carbonyl (C=O) groups excluding carboxylic acids is 1.